The lowest BCUT2D eigenvalue weighted by Crippen LogP contribution is -2.30. The number of furan rings is 1. The molecule has 0 saturated heterocycles. The van der Waals surface area contributed by atoms with Gasteiger partial charge in [-0.1, -0.05) is 54.6 Å². The Balaban J connectivity index is 1.52. The number of carbonyl (C=O) groups excluding carboxylic acids is 1. The van der Waals surface area contributed by atoms with Crippen LogP contribution in [0.2, 0.25) is 5.02 Å². The van der Waals surface area contributed by atoms with E-state index < -0.39 is 23.3 Å². The number of rotatable bonds is 8. The minimum Gasteiger partial charge on any atom is -0.512 e. The number of benzene rings is 2. The number of hydrogen-bond donors (Lipinski definition) is 1. The van der Waals surface area contributed by atoms with Crippen LogP contribution < -0.4 is 0 Å². The predicted molar refractivity (Wildman–Crippen MR) is 168 cm³/mol. The zero-order valence-electron chi connectivity index (χ0n) is 25.2. The fourth-order valence-corrected chi connectivity index (χ4v) is 5.24. The largest absolute Gasteiger partial charge is 0.512 e. The summed E-state index contributed by atoms with van der Waals surface area (Å²) < 4.78 is 45.0. The van der Waals surface area contributed by atoms with Crippen molar-refractivity contribution < 1.29 is 27.5 Å². The van der Waals surface area contributed by atoms with Crippen LogP contribution in [-0.4, -0.2) is 25.9 Å². The number of allylic oxidation sites excluding steroid dienone is 1. The van der Waals surface area contributed by atoms with Crippen molar-refractivity contribution in [2.75, 3.05) is 0 Å². The van der Waals surface area contributed by atoms with E-state index in [1.165, 1.54) is 11.0 Å². The van der Waals surface area contributed by atoms with Gasteiger partial charge in [0, 0.05) is 28.9 Å². The number of amides is 1. The number of alkyl halides is 3. The number of aryl methyl sites for hydroxylation is 2. The highest BCUT2D eigenvalue weighted by Crippen LogP contribution is 2.34. The zero-order valence-corrected chi connectivity index (χ0v) is 25.9. The van der Waals surface area contributed by atoms with E-state index >= 15 is 0 Å². The number of carbonyl (C=O) groups is 1. The summed E-state index contributed by atoms with van der Waals surface area (Å²) in [4.78, 5) is 24.4. The van der Waals surface area contributed by atoms with E-state index in [-0.39, 0.29) is 30.2 Å². The Hall–Kier alpha value is -4.63. The second-order valence-electron chi connectivity index (χ2n) is 11.6. The quantitative estimate of drug-likeness (QED) is 0.172. The van der Waals surface area contributed by atoms with E-state index in [4.69, 9.17) is 16.0 Å². The van der Waals surface area contributed by atoms with Crippen molar-refractivity contribution in [2.24, 2.45) is 0 Å². The van der Waals surface area contributed by atoms with Gasteiger partial charge in [0.15, 0.2) is 0 Å². The van der Waals surface area contributed by atoms with Crippen LogP contribution in [-0.2, 0) is 24.7 Å². The molecule has 2 aromatic carbocycles. The average Bonchev–Trinajstić information content (AvgIpc) is 3.46. The van der Waals surface area contributed by atoms with Gasteiger partial charge in [-0.3, -0.25) is 14.8 Å². The molecule has 0 fully saturated rings. The molecular formula is C35H31ClF3N3O3. The summed E-state index contributed by atoms with van der Waals surface area (Å²) in [5, 5.41) is 10.5. The van der Waals surface area contributed by atoms with Crippen LogP contribution >= 0.6 is 11.6 Å². The van der Waals surface area contributed by atoms with Gasteiger partial charge in [0.25, 0.3) is 5.91 Å². The van der Waals surface area contributed by atoms with Crippen LogP contribution in [0.3, 0.4) is 0 Å². The van der Waals surface area contributed by atoms with Gasteiger partial charge in [0.2, 0.25) is 5.76 Å². The van der Waals surface area contributed by atoms with Gasteiger partial charge in [0.05, 0.1) is 23.4 Å². The number of fused-ring (bicyclic) bond motifs is 1. The highest BCUT2D eigenvalue weighted by atomic mass is 35.5. The molecule has 45 heavy (non-hydrogen) atoms. The monoisotopic (exact) mass is 633 g/mol. The lowest BCUT2D eigenvalue weighted by Gasteiger charge is -2.25. The predicted octanol–water partition coefficient (Wildman–Crippen LogP) is 9.37. The van der Waals surface area contributed by atoms with E-state index in [1.54, 1.807) is 31.3 Å². The standard InChI is InChI=1S/C35H31ClF3N3O3/c1-20-13-30-32(40-17-20)28(14-21(2)41-30)33(44)42(19-27-11-12-31(45-27)35(37,38)39)18-25-10-9-24(16-29(25)36)23-7-6-8-26(15-23)34(4,5)22(3)43/h6-17,43H,3,18-19H2,1-2,4-5H3. The molecule has 0 spiro atoms. The molecule has 0 bridgehead atoms. The Morgan fingerprint density at radius 3 is 2.40 bits per heavy atom. The molecule has 6 nitrogen and oxygen atoms in total. The first-order valence-corrected chi connectivity index (χ1v) is 14.5. The Morgan fingerprint density at radius 2 is 1.73 bits per heavy atom. The molecule has 1 N–H and O–H groups in total. The number of halogens is 4. The first-order chi connectivity index (χ1) is 21.1. The number of aliphatic hydroxyl groups is 1. The molecule has 5 aromatic rings. The number of aromatic nitrogens is 2. The number of hydrogen-bond acceptors (Lipinski definition) is 5. The summed E-state index contributed by atoms with van der Waals surface area (Å²) in [5.74, 6) is -1.61. The molecule has 0 saturated carbocycles. The molecule has 0 aliphatic heterocycles. The highest BCUT2D eigenvalue weighted by molar-refractivity contribution is 6.31. The van der Waals surface area contributed by atoms with Crippen molar-refractivity contribution in [3.63, 3.8) is 0 Å². The number of pyridine rings is 2. The number of nitrogens with zero attached hydrogens (tertiary/aromatic N) is 3. The third-order valence-electron chi connectivity index (χ3n) is 7.77. The van der Waals surface area contributed by atoms with Crippen molar-refractivity contribution in [1.82, 2.24) is 14.9 Å². The van der Waals surface area contributed by atoms with Gasteiger partial charge in [0.1, 0.15) is 11.3 Å². The second kappa shape index (κ2) is 12.0. The van der Waals surface area contributed by atoms with E-state index in [0.717, 1.165) is 28.3 Å². The summed E-state index contributed by atoms with van der Waals surface area (Å²) in [6.07, 6.45) is -3.03. The lowest BCUT2D eigenvalue weighted by atomic mass is 9.82. The molecule has 3 aromatic heterocycles. The highest BCUT2D eigenvalue weighted by Gasteiger charge is 2.35. The Morgan fingerprint density at radius 1 is 1.00 bits per heavy atom. The minimum absolute atomic E-state index is 0.0217. The lowest BCUT2D eigenvalue weighted by molar-refractivity contribution is -0.153. The van der Waals surface area contributed by atoms with Crippen LogP contribution in [0, 0.1) is 13.8 Å². The maximum absolute atomic E-state index is 14.1. The van der Waals surface area contributed by atoms with Gasteiger partial charge in [-0.2, -0.15) is 13.2 Å². The van der Waals surface area contributed by atoms with Gasteiger partial charge >= 0.3 is 6.18 Å². The number of aliphatic hydroxyl groups excluding tert-OH is 1. The van der Waals surface area contributed by atoms with Crippen molar-refractivity contribution in [3.05, 3.63) is 130 Å². The van der Waals surface area contributed by atoms with Crippen LogP contribution in [0.25, 0.3) is 22.2 Å². The molecule has 0 radical (unpaired) electrons. The summed E-state index contributed by atoms with van der Waals surface area (Å²) in [6, 6.07) is 18.5. The van der Waals surface area contributed by atoms with Crippen LogP contribution in [0.1, 0.15) is 58.1 Å². The van der Waals surface area contributed by atoms with Crippen LogP contribution in [0.15, 0.2) is 89.7 Å². The van der Waals surface area contributed by atoms with E-state index in [0.29, 0.717) is 27.3 Å². The molecule has 3 heterocycles. The normalized spacial score (nSPS) is 12.0. The molecular weight excluding hydrogens is 603 g/mol. The molecule has 10 heteroatoms. The van der Waals surface area contributed by atoms with E-state index in [1.807, 2.05) is 57.2 Å². The molecule has 5 rings (SSSR count). The molecule has 0 aliphatic rings. The zero-order chi connectivity index (χ0) is 32.7. The smallest absolute Gasteiger partial charge is 0.449 e. The molecule has 0 unspecified atom stereocenters. The Bertz CT molecular complexity index is 1930. The van der Waals surface area contributed by atoms with Crippen LogP contribution in [0.5, 0.6) is 0 Å². The van der Waals surface area contributed by atoms with Gasteiger partial charge in [-0.25, -0.2) is 0 Å². The fraction of sp³-hybridized carbons (Fsp3) is 0.229. The Kier molecular flexibility index (Phi) is 8.51. The van der Waals surface area contributed by atoms with Gasteiger partial charge in [-0.05, 0) is 85.8 Å². The maximum atomic E-state index is 14.1. The Labute approximate surface area is 263 Å². The van der Waals surface area contributed by atoms with Crippen molar-refractivity contribution in [3.8, 4) is 11.1 Å². The van der Waals surface area contributed by atoms with Gasteiger partial charge < -0.3 is 14.4 Å². The average molecular weight is 634 g/mol. The molecule has 0 atom stereocenters. The second-order valence-corrected chi connectivity index (χ2v) is 12.0. The summed E-state index contributed by atoms with van der Waals surface area (Å²) in [5.41, 5.74) is 5.08. The van der Waals surface area contributed by atoms with Crippen LogP contribution in [0.4, 0.5) is 13.2 Å². The first kappa shape index (κ1) is 31.8. The topological polar surface area (TPSA) is 79.5 Å². The SMILES string of the molecule is C=C(O)C(C)(C)c1cccc(-c2ccc(CN(Cc3ccc(C(F)(F)F)o3)C(=O)c3cc(C)nc4cc(C)cnc34)c(Cl)c2)c1. The van der Waals surface area contributed by atoms with Gasteiger partial charge in [-0.15, -0.1) is 0 Å². The maximum Gasteiger partial charge on any atom is 0.449 e. The minimum atomic E-state index is -4.66. The molecule has 0 aliphatic carbocycles. The molecule has 1 amide bonds. The van der Waals surface area contributed by atoms with Crippen molar-refractivity contribution in [1.29, 1.82) is 0 Å². The van der Waals surface area contributed by atoms with E-state index in [2.05, 4.69) is 16.5 Å². The third-order valence-corrected chi connectivity index (χ3v) is 8.12. The van der Waals surface area contributed by atoms with Crippen molar-refractivity contribution >= 4 is 28.5 Å². The summed E-state index contributed by atoms with van der Waals surface area (Å²) in [7, 11) is 0. The molecule has 232 valence electrons. The fourth-order valence-electron chi connectivity index (χ4n) is 5.00. The third kappa shape index (κ3) is 6.73. The van der Waals surface area contributed by atoms with E-state index in [9.17, 15) is 23.1 Å². The van der Waals surface area contributed by atoms with Crippen molar-refractivity contribution in [2.45, 2.75) is 52.4 Å². The summed E-state index contributed by atoms with van der Waals surface area (Å²) >= 11 is 6.77. The first-order valence-electron chi connectivity index (χ1n) is 14.1. The summed E-state index contributed by atoms with van der Waals surface area (Å²) in [6.45, 7) is 10.8.